The van der Waals surface area contributed by atoms with Crippen LogP contribution in [0, 0.1) is 27.7 Å². The molecule has 1 amide bonds. The Balaban J connectivity index is 1.46. The summed E-state index contributed by atoms with van der Waals surface area (Å²) in [5.41, 5.74) is 9.92. The molecule has 1 atom stereocenters. The smallest absolute Gasteiger partial charge is 0.338 e. The third kappa shape index (κ3) is 6.17. The van der Waals surface area contributed by atoms with Crippen molar-refractivity contribution < 1.29 is 14.3 Å². The molecule has 1 heterocycles. The highest BCUT2D eigenvalue weighted by Crippen LogP contribution is 2.32. The molecule has 6 nitrogen and oxygen atoms in total. The molecule has 5 rings (SSSR count). The molecule has 0 saturated heterocycles. The quantitative estimate of drug-likeness (QED) is 0.212. The summed E-state index contributed by atoms with van der Waals surface area (Å²) < 4.78 is 5.67. The van der Waals surface area contributed by atoms with Crippen LogP contribution in [0.1, 0.15) is 46.0 Å². The molecule has 1 N–H and O–H groups in total. The Hall–Kier alpha value is -4.84. The Morgan fingerprint density at radius 3 is 1.85 bits per heavy atom. The van der Waals surface area contributed by atoms with Gasteiger partial charge in [-0.1, -0.05) is 78.7 Å². The highest BCUT2D eigenvalue weighted by atomic mass is 16.5. The van der Waals surface area contributed by atoms with Gasteiger partial charge >= 0.3 is 5.97 Å². The van der Waals surface area contributed by atoms with Gasteiger partial charge in [-0.2, -0.15) is 0 Å². The number of hydrogen-bond donors (Lipinski definition) is 1. The zero-order chi connectivity index (χ0) is 29.1. The molecule has 0 spiro atoms. The standard InChI is InChI=1S/C35H33N3O3/c1-6-31(34(39)38-29-19-23(4)7-12-24(29)5)41-35(40)27-17-18-28-30(20-27)37-33(26-15-10-22(3)11-16-26)32(36-28)25-13-8-21(2)9-14-25/h7-20,31H,6H2,1-5H3,(H,38,39). The summed E-state index contributed by atoms with van der Waals surface area (Å²) in [5, 5.41) is 2.90. The maximum Gasteiger partial charge on any atom is 0.338 e. The van der Waals surface area contributed by atoms with Crippen LogP contribution in [0.25, 0.3) is 33.5 Å². The molecule has 0 saturated carbocycles. The average molecular weight is 544 g/mol. The maximum atomic E-state index is 13.2. The van der Waals surface area contributed by atoms with Crippen LogP contribution in [-0.4, -0.2) is 27.9 Å². The van der Waals surface area contributed by atoms with Crippen molar-refractivity contribution in [3.63, 3.8) is 0 Å². The van der Waals surface area contributed by atoms with E-state index in [1.165, 1.54) is 0 Å². The number of carbonyl (C=O) groups excluding carboxylic acids is 2. The van der Waals surface area contributed by atoms with Crippen molar-refractivity contribution >= 4 is 28.6 Å². The van der Waals surface area contributed by atoms with Gasteiger partial charge in [-0.25, -0.2) is 14.8 Å². The number of aromatic nitrogens is 2. The van der Waals surface area contributed by atoms with E-state index in [0.29, 0.717) is 28.7 Å². The number of nitrogens with zero attached hydrogens (tertiary/aromatic N) is 2. The average Bonchev–Trinajstić information content (AvgIpc) is 2.97. The lowest BCUT2D eigenvalue weighted by molar-refractivity contribution is -0.124. The number of amides is 1. The second kappa shape index (κ2) is 11.7. The van der Waals surface area contributed by atoms with Crippen LogP contribution in [0.5, 0.6) is 0 Å². The van der Waals surface area contributed by atoms with Crippen molar-refractivity contribution in [1.29, 1.82) is 0 Å². The summed E-state index contributed by atoms with van der Waals surface area (Å²) >= 11 is 0. The van der Waals surface area contributed by atoms with Gasteiger partial charge in [0.05, 0.1) is 28.0 Å². The number of anilines is 1. The van der Waals surface area contributed by atoms with Crippen LogP contribution in [0.4, 0.5) is 5.69 Å². The molecule has 41 heavy (non-hydrogen) atoms. The van der Waals surface area contributed by atoms with Crippen molar-refractivity contribution in [1.82, 2.24) is 9.97 Å². The Bertz CT molecular complexity index is 1740. The Morgan fingerprint density at radius 2 is 1.27 bits per heavy atom. The number of carbonyl (C=O) groups is 2. The maximum absolute atomic E-state index is 13.2. The van der Waals surface area contributed by atoms with Crippen molar-refractivity contribution in [3.8, 4) is 22.5 Å². The molecule has 0 aliphatic carbocycles. The van der Waals surface area contributed by atoms with Crippen molar-refractivity contribution in [2.75, 3.05) is 5.32 Å². The van der Waals surface area contributed by atoms with Gasteiger partial charge in [0.1, 0.15) is 0 Å². The number of benzene rings is 4. The number of fused-ring (bicyclic) bond motifs is 1. The van der Waals surface area contributed by atoms with Gasteiger partial charge in [0.25, 0.3) is 5.91 Å². The number of rotatable bonds is 7. The zero-order valence-electron chi connectivity index (χ0n) is 24.0. The van der Waals surface area contributed by atoms with E-state index in [1.807, 2.05) is 89.2 Å². The molecular weight excluding hydrogens is 510 g/mol. The van der Waals surface area contributed by atoms with Crippen LogP contribution in [0.15, 0.2) is 84.9 Å². The number of hydrogen-bond acceptors (Lipinski definition) is 5. The lowest BCUT2D eigenvalue weighted by Crippen LogP contribution is -2.32. The highest BCUT2D eigenvalue weighted by molar-refractivity contribution is 5.99. The molecule has 1 aromatic heterocycles. The molecule has 0 aliphatic heterocycles. The van der Waals surface area contributed by atoms with Gasteiger partial charge in [-0.3, -0.25) is 4.79 Å². The monoisotopic (exact) mass is 543 g/mol. The van der Waals surface area contributed by atoms with Crippen LogP contribution < -0.4 is 5.32 Å². The van der Waals surface area contributed by atoms with Crippen LogP contribution in [-0.2, 0) is 9.53 Å². The summed E-state index contributed by atoms with van der Waals surface area (Å²) in [7, 11) is 0. The summed E-state index contributed by atoms with van der Waals surface area (Å²) in [6.45, 7) is 9.79. The SMILES string of the molecule is CCC(OC(=O)c1ccc2nc(-c3ccc(C)cc3)c(-c3ccc(C)cc3)nc2c1)C(=O)Nc1cc(C)ccc1C. The van der Waals surface area contributed by atoms with Gasteiger partial charge < -0.3 is 10.1 Å². The van der Waals surface area contributed by atoms with Crippen molar-refractivity contribution in [2.24, 2.45) is 0 Å². The lowest BCUT2D eigenvalue weighted by Gasteiger charge is -2.17. The first-order valence-electron chi connectivity index (χ1n) is 13.8. The van der Waals surface area contributed by atoms with E-state index in [1.54, 1.807) is 18.2 Å². The minimum atomic E-state index is -0.934. The summed E-state index contributed by atoms with van der Waals surface area (Å²) in [4.78, 5) is 36.1. The fraction of sp³-hybridized carbons (Fsp3) is 0.200. The molecule has 0 radical (unpaired) electrons. The predicted octanol–water partition coefficient (Wildman–Crippen LogP) is 7.77. The third-order valence-electron chi connectivity index (χ3n) is 7.11. The Morgan fingerprint density at radius 1 is 0.707 bits per heavy atom. The molecule has 206 valence electrons. The highest BCUT2D eigenvalue weighted by Gasteiger charge is 2.23. The molecule has 5 aromatic rings. The van der Waals surface area contributed by atoms with E-state index in [0.717, 1.165) is 44.8 Å². The van der Waals surface area contributed by atoms with Gasteiger partial charge in [-0.05, 0) is 69.5 Å². The minimum Gasteiger partial charge on any atom is -0.449 e. The second-order valence-corrected chi connectivity index (χ2v) is 10.5. The predicted molar refractivity (Wildman–Crippen MR) is 164 cm³/mol. The molecule has 0 aliphatic rings. The minimum absolute atomic E-state index is 0.308. The lowest BCUT2D eigenvalue weighted by atomic mass is 10.0. The Labute approximate surface area is 240 Å². The zero-order valence-corrected chi connectivity index (χ0v) is 24.0. The third-order valence-corrected chi connectivity index (χ3v) is 7.11. The summed E-state index contributed by atoms with van der Waals surface area (Å²) in [5.74, 6) is -0.948. The first kappa shape index (κ1) is 27.7. The van der Waals surface area contributed by atoms with Crippen LogP contribution in [0.2, 0.25) is 0 Å². The number of nitrogens with one attached hydrogen (secondary N) is 1. The van der Waals surface area contributed by atoms with E-state index in [-0.39, 0.29) is 5.91 Å². The van der Waals surface area contributed by atoms with E-state index in [2.05, 4.69) is 17.4 Å². The van der Waals surface area contributed by atoms with Crippen LogP contribution >= 0.6 is 0 Å². The molecule has 0 fully saturated rings. The van der Waals surface area contributed by atoms with E-state index >= 15 is 0 Å². The van der Waals surface area contributed by atoms with Crippen molar-refractivity contribution in [2.45, 2.75) is 47.1 Å². The number of aryl methyl sites for hydroxylation is 4. The normalized spacial score (nSPS) is 11.7. The van der Waals surface area contributed by atoms with Gasteiger partial charge in [0.15, 0.2) is 6.10 Å². The second-order valence-electron chi connectivity index (χ2n) is 10.5. The largest absolute Gasteiger partial charge is 0.449 e. The van der Waals surface area contributed by atoms with E-state index in [9.17, 15) is 9.59 Å². The van der Waals surface area contributed by atoms with Crippen molar-refractivity contribution in [3.05, 3.63) is 113 Å². The number of ether oxygens (including phenoxy) is 1. The van der Waals surface area contributed by atoms with E-state index in [4.69, 9.17) is 14.7 Å². The van der Waals surface area contributed by atoms with Gasteiger partial charge in [0, 0.05) is 16.8 Å². The van der Waals surface area contributed by atoms with Gasteiger partial charge in [-0.15, -0.1) is 0 Å². The van der Waals surface area contributed by atoms with Gasteiger partial charge in [0.2, 0.25) is 0 Å². The van der Waals surface area contributed by atoms with Crippen LogP contribution in [0.3, 0.4) is 0 Å². The Kier molecular flexibility index (Phi) is 7.92. The van der Waals surface area contributed by atoms with E-state index < -0.39 is 12.1 Å². The topological polar surface area (TPSA) is 81.2 Å². The summed E-state index contributed by atoms with van der Waals surface area (Å²) in [6.07, 6.45) is -0.593. The summed E-state index contributed by atoms with van der Waals surface area (Å²) in [6, 6.07) is 27.3. The molecular formula is C35H33N3O3. The first-order valence-corrected chi connectivity index (χ1v) is 13.8. The molecule has 6 heteroatoms. The molecule has 0 bridgehead atoms. The molecule has 1 unspecified atom stereocenters. The number of esters is 1. The molecule has 4 aromatic carbocycles. The fourth-order valence-corrected chi connectivity index (χ4v) is 4.61. The first-order chi connectivity index (χ1) is 19.7. The fourth-order valence-electron chi connectivity index (χ4n) is 4.61.